The van der Waals surface area contributed by atoms with E-state index in [9.17, 15) is 30.0 Å². The summed E-state index contributed by atoms with van der Waals surface area (Å²) in [4.78, 5) is 23.8. The molecule has 0 aliphatic heterocycles. The lowest BCUT2D eigenvalue weighted by molar-refractivity contribution is -0.316. The topological polar surface area (TPSA) is 115 Å². The summed E-state index contributed by atoms with van der Waals surface area (Å²) >= 11 is 0. The summed E-state index contributed by atoms with van der Waals surface area (Å²) in [5, 5.41) is 37.4. The monoisotopic (exact) mass is 264 g/mol. The number of hydrogen-bond acceptors (Lipinski definition) is 6. The van der Waals surface area contributed by atoms with Gasteiger partial charge in [0.1, 0.15) is 5.92 Å². The van der Waals surface area contributed by atoms with Crippen molar-refractivity contribution in [2.24, 2.45) is 5.92 Å². The molecule has 0 saturated heterocycles. The van der Waals surface area contributed by atoms with E-state index in [1.807, 2.05) is 0 Å². The highest BCUT2D eigenvalue weighted by molar-refractivity contribution is 6.14. The molecule has 0 spiro atoms. The van der Waals surface area contributed by atoms with Gasteiger partial charge >= 0.3 is 0 Å². The fourth-order valence-electron chi connectivity index (χ4n) is 1.82. The Hall–Kier alpha value is -1.86. The van der Waals surface area contributed by atoms with Crippen LogP contribution in [0.3, 0.4) is 0 Å². The largest absolute Gasteiger partial charge is 0.358 e. The molecule has 0 amide bonds. The van der Waals surface area contributed by atoms with Crippen molar-refractivity contribution in [2.75, 3.05) is 0 Å². The zero-order chi connectivity index (χ0) is 14.3. The Bertz CT molecular complexity index is 544. The molecule has 0 heterocycles. The number of rotatable bonds is 2. The number of carbonyl (C=O) groups excluding carboxylic acids is 2. The predicted molar refractivity (Wildman–Crippen MR) is 62.7 cm³/mol. The standard InChI is InChI=1S/C13H12O6/c14-10(8-4-2-1-3-5-8)9-6-7-12(16,17)13(18,19)11(9)15/h1-7,9,16-19H. The molecule has 1 atom stereocenters. The van der Waals surface area contributed by atoms with E-state index < -0.39 is 29.1 Å². The number of ketones is 2. The second kappa shape index (κ2) is 4.36. The Kier molecular flexibility index (Phi) is 3.11. The van der Waals surface area contributed by atoms with E-state index in [0.717, 1.165) is 6.08 Å². The molecule has 1 aromatic rings. The maximum Gasteiger partial charge on any atom is 0.285 e. The van der Waals surface area contributed by atoms with Gasteiger partial charge in [0.2, 0.25) is 11.6 Å². The van der Waals surface area contributed by atoms with Crippen molar-refractivity contribution >= 4 is 11.6 Å². The third-order valence-corrected chi connectivity index (χ3v) is 3.00. The van der Waals surface area contributed by atoms with Crippen molar-refractivity contribution in [1.29, 1.82) is 0 Å². The molecular formula is C13H12O6. The minimum atomic E-state index is -3.42. The molecule has 0 bridgehead atoms. The Morgan fingerprint density at radius 3 is 2.21 bits per heavy atom. The number of Topliss-reactive ketones (excluding diaryl/α,β-unsaturated/α-hetero) is 2. The molecule has 1 aliphatic rings. The molecule has 1 unspecified atom stereocenters. The lowest BCUT2D eigenvalue weighted by Gasteiger charge is -2.36. The lowest BCUT2D eigenvalue weighted by atomic mass is 9.81. The van der Waals surface area contributed by atoms with Crippen molar-refractivity contribution in [1.82, 2.24) is 0 Å². The molecule has 0 fully saturated rings. The van der Waals surface area contributed by atoms with Crippen molar-refractivity contribution in [2.45, 2.75) is 11.6 Å². The highest BCUT2D eigenvalue weighted by atomic mass is 16.6. The van der Waals surface area contributed by atoms with Crippen molar-refractivity contribution < 1.29 is 30.0 Å². The molecular weight excluding hydrogens is 252 g/mol. The van der Waals surface area contributed by atoms with Gasteiger partial charge in [-0.25, -0.2) is 0 Å². The van der Waals surface area contributed by atoms with Crippen LogP contribution in [0.25, 0.3) is 0 Å². The van der Waals surface area contributed by atoms with Crippen molar-refractivity contribution in [3.8, 4) is 0 Å². The van der Waals surface area contributed by atoms with Gasteiger partial charge in [0.25, 0.3) is 5.79 Å². The average Bonchev–Trinajstić information content (AvgIpc) is 2.37. The molecule has 2 rings (SSSR count). The summed E-state index contributed by atoms with van der Waals surface area (Å²) in [5.41, 5.74) is 0.213. The summed E-state index contributed by atoms with van der Waals surface area (Å²) in [6.45, 7) is 0. The van der Waals surface area contributed by atoms with Crippen LogP contribution in [0.1, 0.15) is 10.4 Å². The Morgan fingerprint density at radius 1 is 1.05 bits per heavy atom. The third kappa shape index (κ3) is 2.11. The van der Waals surface area contributed by atoms with Gasteiger partial charge in [-0.05, 0) is 6.08 Å². The van der Waals surface area contributed by atoms with E-state index in [-0.39, 0.29) is 5.56 Å². The second-order valence-electron chi connectivity index (χ2n) is 4.33. The van der Waals surface area contributed by atoms with E-state index in [0.29, 0.717) is 6.08 Å². The normalized spacial score (nSPS) is 24.2. The fourth-order valence-corrected chi connectivity index (χ4v) is 1.82. The van der Waals surface area contributed by atoms with Crippen molar-refractivity contribution in [3.05, 3.63) is 48.0 Å². The molecule has 100 valence electrons. The lowest BCUT2D eigenvalue weighted by Crippen LogP contribution is -2.63. The molecule has 1 aliphatic carbocycles. The zero-order valence-corrected chi connectivity index (χ0v) is 9.72. The van der Waals surface area contributed by atoms with Gasteiger partial charge < -0.3 is 20.4 Å². The summed E-state index contributed by atoms with van der Waals surface area (Å²) in [6.07, 6.45) is 1.56. The quantitative estimate of drug-likeness (QED) is 0.235. The number of aliphatic hydroxyl groups is 4. The van der Waals surface area contributed by atoms with Crippen LogP contribution < -0.4 is 0 Å². The molecule has 6 heteroatoms. The number of benzene rings is 1. The highest BCUT2D eigenvalue weighted by Gasteiger charge is 2.57. The molecule has 0 radical (unpaired) electrons. The maximum absolute atomic E-state index is 12.1. The smallest absolute Gasteiger partial charge is 0.285 e. The summed E-state index contributed by atoms with van der Waals surface area (Å²) in [7, 11) is 0. The first-order valence-corrected chi connectivity index (χ1v) is 5.50. The number of allylic oxidation sites excluding steroid dienone is 1. The van der Waals surface area contributed by atoms with Crippen LogP contribution in [0.2, 0.25) is 0 Å². The molecule has 1 aromatic carbocycles. The number of hydrogen-bond donors (Lipinski definition) is 4. The highest BCUT2D eigenvalue weighted by Crippen LogP contribution is 2.30. The Labute approximate surface area is 108 Å². The van der Waals surface area contributed by atoms with Crippen molar-refractivity contribution in [3.63, 3.8) is 0 Å². The Balaban J connectivity index is 2.38. The average molecular weight is 264 g/mol. The van der Waals surface area contributed by atoms with Crippen LogP contribution in [0.4, 0.5) is 0 Å². The molecule has 0 aromatic heterocycles. The minimum absolute atomic E-state index is 0.213. The maximum atomic E-state index is 12.1. The van der Waals surface area contributed by atoms with E-state index in [1.54, 1.807) is 18.2 Å². The molecule has 19 heavy (non-hydrogen) atoms. The molecule has 6 nitrogen and oxygen atoms in total. The van der Waals surface area contributed by atoms with Gasteiger partial charge in [-0.3, -0.25) is 9.59 Å². The summed E-state index contributed by atoms with van der Waals surface area (Å²) < 4.78 is 0. The third-order valence-electron chi connectivity index (χ3n) is 3.00. The van der Waals surface area contributed by atoms with Gasteiger partial charge in [0.15, 0.2) is 5.78 Å². The van der Waals surface area contributed by atoms with E-state index in [1.165, 1.54) is 12.1 Å². The van der Waals surface area contributed by atoms with E-state index >= 15 is 0 Å². The molecule has 0 saturated carbocycles. The summed E-state index contributed by atoms with van der Waals surface area (Å²) in [5.74, 6) is -10.0. The van der Waals surface area contributed by atoms with Crippen LogP contribution in [-0.2, 0) is 4.79 Å². The van der Waals surface area contributed by atoms with Gasteiger partial charge in [-0.1, -0.05) is 36.4 Å². The Morgan fingerprint density at radius 2 is 1.63 bits per heavy atom. The first kappa shape index (κ1) is 13.6. The predicted octanol–water partition coefficient (Wildman–Crippen LogP) is -1.01. The SMILES string of the molecule is O=C(c1ccccc1)C1C=CC(O)(O)C(O)(O)C1=O. The van der Waals surface area contributed by atoms with Crippen LogP contribution in [0, 0.1) is 5.92 Å². The van der Waals surface area contributed by atoms with Gasteiger partial charge in [-0.15, -0.1) is 0 Å². The minimum Gasteiger partial charge on any atom is -0.358 e. The zero-order valence-electron chi connectivity index (χ0n) is 9.72. The van der Waals surface area contributed by atoms with E-state index in [4.69, 9.17) is 0 Å². The first-order valence-electron chi connectivity index (χ1n) is 5.50. The van der Waals surface area contributed by atoms with Crippen LogP contribution in [-0.4, -0.2) is 43.6 Å². The van der Waals surface area contributed by atoms with E-state index in [2.05, 4.69) is 0 Å². The van der Waals surface area contributed by atoms with Crippen LogP contribution in [0.5, 0.6) is 0 Å². The van der Waals surface area contributed by atoms with Gasteiger partial charge in [0, 0.05) is 5.56 Å². The first-order chi connectivity index (χ1) is 8.77. The van der Waals surface area contributed by atoms with Crippen LogP contribution >= 0.6 is 0 Å². The fraction of sp³-hybridized carbons (Fsp3) is 0.231. The van der Waals surface area contributed by atoms with Gasteiger partial charge in [0.05, 0.1) is 0 Å². The number of carbonyl (C=O) groups is 2. The molecule has 4 N–H and O–H groups in total. The summed E-state index contributed by atoms with van der Waals surface area (Å²) in [6, 6.07) is 7.82. The van der Waals surface area contributed by atoms with Gasteiger partial charge in [-0.2, -0.15) is 0 Å². The second-order valence-corrected chi connectivity index (χ2v) is 4.33. The van der Waals surface area contributed by atoms with Crippen LogP contribution in [0.15, 0.2) is 42.5 Å².